The number of carbonyl (C=O) groups is 1. The molecule has 1 aromatic carbocycles. The molecule has 0 fully saturated rings. The predicted octanol–water partition coefficient (Wildman–Crippen LogP) is 1.92. The molecule has 0 bridgehead atoms. The molecule has 1 aromatic heterocycles. The maximum Gasteiger partial charge on any atom is 0.259 e. The van der Waals surface area contributed by atoms with Crippen molar-refractivity contribution in [2.45, 2.75) is 0 Å². The summed E-state index contributed by atoms with van der Waals surface area (Å²) in [6.07, 6.45) is 0.953. The van der Waals surface area contributed by atoms with E-state index in [-0.39, 0.29) is 17.9 Å². The fourth-order valence-corrected chi connectivity index (χ4v) is 1.56. The predicted molar refractivity (Wildman–Crippen MR) is 74.5 cm³/mol. The fraction of sp³-hybridized carbons (Fsp3) is 0.0667. The molecule has 0 unspecified atom stereocenters. The molecule has 0 radical (unpaired) electrons. The molecular formula is C15H11F2N3O. The molecule has 0 saturated heterocycles. The highest BCUT2D eigenvalue weighted by atomic mass is 19.1. The number of nitrogens with zero attached hydrogens (tertiary/aromatic N) is 1. The monoisotopic (exact) mass is 287 g/mol. The number of aromatic nitrogens is 1. The van der Waals surface area contributed by atoms with Gasteiger partial charge in [-0.1, -0.05) is 11.8 Å². The number of anilines is 1. The maximum atomic E-state index is 13.7. The van der Waals surface area contributed by atoms with Crippen molar-refractivity contribution in [1.82, 2.24) is 4.98 Å². The van der Waals surface area contributed by atoms with Gasteiger partial charge in [-0.25, -0.2) is 13.8 Å². The van der Waals surface area contributed by atoms with Gasteiger partial charge in [-0.2, -0.15) is 0 Å². The number of nitrogens with two attached hydrogens (primary N) is 1. The smallest absolute Gasteiger partial charge is 0.259 e. The molecule has 0 spiro atoms. The largest absolute Gasteiger partial charge is 0.320 e. The Morgan fingerprint density at radius 1 is 1.29 bits per heavy atom. The highest BCUT2D eigenvalue weighted by Gasteiger charge is 2.13. The van der Waals surface area contributed by atoms with Gasteiger partial charge in [0.25, 0.3) is 5.91 Å². The molecule has 106 valence electrons. The molecule has 3 N–H and O–H groups in total. The van der Waals surface area contributed by atoms with Gasteiger partial charge in [0.05, 0.1) is 18.3 Å². The first-order chi connectivity index (χ1) is 10.1. The third kappa shape index (κ3) is 3.84. The molecule has 0 aliphatic rings. The normalized spacial score (nSPS) is 9.67. The number of carbonyl (C=O) groups excluding carboxylic acids is 1. The molecule has 0 aliphatic heterocycles. The van der Waals surface area contributed by atoms with Crippen LogP contribution in [0.15, 0.2) is 36.5 Å². The van der Waals surface area contributed by atoms with E-state index in [0.29, 0.717) is 5.56 Å². The van der Waals surface area contributed by atoms with Crippen molar-refractivity contribution >= 4 is 11.7 Å². The van der Waals surface area contributed by atoms with E-state index in [0.717, 1.165) is 18.3 Å². The standard InChI is InChI=1S/C15H11F2N3O/c16-11-4-6-14(19-9-11)20-15(21)12-8-10(2-1-7-18)3-5-13(12)17/h3-6,8-9H,7,18H2,(H,19,20,21). The van der Waals surface area contributed by atoms with Gasteiger partial charge in [0.1, 0.15) is 17.5 Å². The third-order valence-electron chi connectivity index (χ3n) is 2.51. The number of pyridine rings is 1. The summed E-state index contributed by atoms with van der Waals surface area (Å²) in [4.78, 5) is 15.7. The van der Waals surface area contributed by atoms with Gasteiger partial charge in [0, 0.05) is 5.56 Å². The Labute approximate surface area is 120 Å². The summed E-state index contributed by atoms with van der Waals surface area (Å²) in [5.41, 5.74) is 5.55. The molecule has 2 aromatic rings. The molecule has 1 heterocycles. The summed E-state index contributed by atoms with van der Waals surface area (Å²) in [5, 5.41) is 2.38. The SMILES string of the molecule is NCC#Cc1ccc(F)c(C(=O)Nc2ccc(F)cn2)c1. The Kier molecular flexibility index (Phi) is 4.59. The van der Waals surface area contributed by atoms with Crippen molar-refractivity contribution in [3.05, 3.63) is 59.3 Å². The minimum absolute atomic E-state index is 0.124. The Morgan fingerprint density at radius 3 is 2.76 bits per heavy atom. The molecule has 0 atom stereocenters. The van der Waals surface area contributed by atoms with Gasteiger partial charge in [0.15, 0.2) is 0 Å². The first-order valence-corrected chi connectivity index (χ1v) is 6.01. The first kappa shape index (κ1) is 14.6. The summed E-state index contributed by atoms with van der Waals surface area (Å²) < 4.78 is 26.4. The molecule has 1 amide bonds. The first-order valence-electron chi connectivity index (χ1n) is 6.01. The van der Waals surface area contributed by atoms with E-state index in [9.17, 15) is 13.6 Å². The van der Waals surface area contributed by atoms with Gasteiger partial charge in [0.2, 0.25) is 0 Å². The van der Waals surface area contributed by atoms with Crippen molar-refractivity contribution in [1.29, 1.82) is 0 Å². The maximum absolute atomic E-state index is 13.7. The fourth-order valence-electron chi connectivity index (χ4n) is 1.56. The van der Waals surface area contributed by atoms with Crippen LogP contribution < -0.4 is 11.1 Å². The molecule has 6 heteroatoms. The molecular weight excluding hydrogens is 276 g/mol. The van der Waals surface area contributed by atoms with E-state index < -0.39 is 17.5 Å². The van der Waals surface area contributed by atoms with Gasteiger partial charge in [-0.15, -0.1) is 0 Å². The van der Waals surface area contributed by atoms with Crippen molar-refractivity contribution in [3.8, 4) is 11.8 Å². The van der Waals surface area contributed by atoms with Gasteiger partial charge < -0.3 is 11.1 Å². The van der Waals surface area contributed by atoms with Crippen molar-refractivity contribution in [2.75, 3.05) is 11.9 Å². The van der Waals surface area contributed by atoms with Crippen LogP contribution in [-0.4, -0.2) is 17.4 Å². The summed E-state index contributed by atoms with van der Waals surface area (Å²) in [6.45, 7) is 0.165. The van der Waals surface area contributed by atoms with Gasteiger partial charge in [-0.05, 0) is 30.3 Å². The lowest BCUT2D eigenvalue weighted by atomic mass is 10.1. The number of benzene rings is 1. The highest BCUT2D eigenvalue weighted by molar-refractivity contribution is 6.04. The molecule has 21 heavy (non-hydrogen) atoms. The van der Waals surface area contributed by atoms with Crippen LogP contribution in [0.5, 0.6) is 0 Å². The van der Waals surface area contributed by atoms with E-state index in [1.165, 1.54) is 18.2 Å². The van der Waals surface area contributed by atoms with E-state index in [1.54, 1.807) is 0 Å². The lowest BCUT2D eigenvalue weighted by Gasteiger charge is -2.05. The number of hydrogen-bond donors (Lipinski definition) is 2. The minimum Gasteiger partial charge on any atom is -0.320 e. The summed E-state index contributed by atoms with van der Waals surface area (Å²) in [6, 6.07) is 6.33. The third-order valence-corrected chi connectivity index (χ3v) is 2.51. The Hall–Kier alpha value is -2.78. The van der Waals surface area contributed by atoms with Gasteiger partial charge >= 0.3 is 0 Å². The van der Waals surface area contributed by atoms with Crippen molar-refractivity contribution in [3.63, 3.8) is 0 Å². The molecule has 0 saturated carbocycles. The lowest BCUT2D eigenvalue weighted by molar-refractivity contribution is 0.102. The molecule has 2 rings (SSSR count). The summed E-state index contributed by atoms with van der Waals surface area (Å²) >= 11 is 0. The summed E-state index contributed by atoms with van der Waals surface area (Å²) in [5.74, 6) is 3.54. The van der Waals surface area contributed by atoms with Crippen LogP contribution in [-0.2, 0) is 0 Å². The number of amides is 1. The Balaban J connectivity index is 2.23. The highest BCUT2D eigenvalue weighted by Crippen LogP contribution is 2.13. The zero-order chi connectivity index (χ0) is 15.2. The topological polar surface area (TPSA) is 68.0 Å². The van der Waals surface area contributed by atoms with Crippen LogP contribution in [0.3, 0.4) is 0 Å². The second-order valence-corrected chi connectivity index (χ2v) is 4.02. The second kappa shape index (κ2) is 6.59. The molecule has 4 nitrogen and oxygen atoms in total. The van der Waals surface area contributed by atoms with Crippen LogP contribution >= 0.6 is 0 Å². The average Bonchev–Trinajstić information content (AvgIpc) is 2.48. The Morgan fingerprint density at radius 2 is 2.10 bits per heavy atom. The van der Waals surface area contributed by atoms with Crippen molar-refractivity contribution in [2.24, 2.45) is 5.73 Å². The van der Waals surface area contributed by atoms with Crippen LogP contribution in [0, 0.1) is 23.5 Å². The van der Waals surface area contributed by atoms with Crippen LogP contribution in [0.4, 0.5) is 14.6 Å². The van der Waals surface area contributed by atoms with Crippen LogP contribution in [0.2, 0.25) is 0 Å². The van der Waals surface area contributed by atoms with E-state index in [2.05, 4.69) is 22.1 Å². The quantitative estimate of drug-likeness (QED) is 0.829. The van der Waals surface area contributed by atoms with Gasteiger partial charge in [-0.3, -0.25) is 4.79 Å². The number of hydrogen-bond acceptors (Lipinski definition) is 3. The number of nitrogens with one attached hydrogen (secondary N) is 1. The zero-order valence-electron chi connectivity index (χ0n) is 10.9. The number of halogens is 2. The Bertz CT molecular complexity index is 718. The second-order valence-electron chi connectivity index (χ2n) is 4.02. The van der Waals surface area contributed by atoms with E-state index in [4.69, 9.17) is 5.73 Å². The minimum atomic E-state index is -0.692. The average molecular weight is 287 g/mol. The zero-order valence-corrected chi connectivity index (χ0v) is 10.9. The van der Waals surface area contributed by atoms with Crippen LogP contribution in [0.1, 0.15) is 15.9 Å². The number of rotatable bonds is 2. The molecule has 0 aliphatic carbocycles. The summed E-state index contributed by atoms with van der Waals surface area (Å²) in [7, 11) is 0. The van der Waals surface area contributed by atoms with Crippen molar-refractivity contribution < 1.29 is 13.6 Å². The van der Waals surface area contributed by atoms with E-state index >= 15 is 0 Å². The van der Waals surface area contributed by atoms with E-state index in [1.807, 2.05) is 0 Å². The van der Waals surface area contributed by atoms with Crippen LogP contribution in [0.25, 0.3) is 0 Å². The lowest BCUT2D eigenvalue weighted by Crippen LogP contribution is -2.15.